The molecule has 0 atom stereocenters. The van der Waals surface area contributed by atoms with Crippen LogP contribution in [0.2, 0.25) is 0 Å². The Morgan fingerprint density at radius 1 is 0.231 bits per heavy atom. The fourth-order valence-corrected chi connectivity index (χ4v) is 10.00. The van der Waals surface area contributed by atoms with Gasteiger partial charge >= 0.3 is 21.1 Å². The van der Waals surface area contributed by atoms with Crippen LogP contribution < -0.4 is 9.97 Å². The van der Waals surface area contributed by atoms with Crippen LogP contribution >= 0.6 is 0 Å². The van der Waals surface area contributed by atoms with Crippen molar-refractivity contribution in [2.45, 2.75) is 0 Å². The molecular formula is C60H36N4Pt. The summed E-state index contributed by atoms with van der Waals surface area (Å²) in [5, 5.41) is 4.21. The molecule has 0 radical (unpaired) electrons. The van der Waals surface area contributed by atoms with Crippen LogP contribution in [-0.4, -0.2) is 9.97 Å². The quantitative estimate of drug-likeness (QED) is 0.176. The molecule has 3 aliphatic rings. The molecule has 2 aliphatic heterocycles. The van der Waals surface area contributed by atoms with Crippen LogP contribution in [0.5, 0.6) is 0 Å². The van der Waals surface area contributed by atoms with Crippen LogP contribution in [0, 0.1) is 0 Å². The van der Waals surface area contributed by atoms with Crippen molar-refractivity contribution in [3.63, 3.8) is 0 Å². The van der Waals surface area contributed by atoms with E-state index in [4.69, 9.17) is 19.9 Å². The van der Waals surface area contributed by atoms with Gasteiger partial charge in [0.2, 0.25) is 0 Å². The first kappa shape index (κ1) is 38.7. The van der Waals surface area contributed by atoms with E-state index in [1.807, 2.05) is 0 Å². The third-order valence-electron chi connectivity index (χ3n) is 12.8. The summed E-state index contributed by atoms with van der Waals surface area (Å²) < 4.78 is 0. The van der Waals surface area contributed by atoms with Gasteiger partial charge in [0.05, 0.1) is 22.8 Å². The van der Waals surface area contributed by atoms with Gasteiger partial charge < -0.3 is 9.97 Å². The van der Waals surface area contributed by atoms with Crippen molar-refractivity contribution in [1.29, 1.82) is 0 Å². The summed E-state index contributed by atoms with van der Waals surface area (Å²) >= 11 is 0. The molecule has 4 nitrogen and oxygen atoms in total. The first-order valence-electron chi connectivity index (χ1n) is 21.7. The molecule has 0 unspecified atom stereocenters. The fraction of sp³-hybridized carbons (Fsp3) is 0. The van der Waals surface area contributed by atoms with Gasteiger partial charge in [-0.1, -0.05) is 218 Å². The molecule has 8 bridgehead atoms. The summed E-state index contributed by atoms with van der Waals surface area (Å²) in [6.45, 7) is 0. The Kier molecular flexibility index (Phi) is 9.36. The molecule has 5 heteroatoms. The normalized spacial score (nSPS) is 11.6. The molecule has 13 rings (SSSR count). The van der Waals surface area contributed by atoms with Crippen LogP contribution in [0.3, 0.4) is 0 Å². The zero-order valence-corrected chi connectivity index (χ0v) is 37.2. The van der Waals surface area contributed by atoms with E-state index in [0.717, 1.165) is 133 Å². The molecule has 1 aliphatic carbocycles. The summed E-state index contributed by atoms with van der Waals surface area (Å²) in [6, 6.07) is 77.2. The Morgan fingerprint density at radius 2 is 0.431 bits per heavy atom. The Morgan fingerprint density at radius 3 is 0.662 bits per heavy atom. The van der Waals surface area contributed by atoms with Crippen molar-refractivity contribution in [3.8, 4) is 89.5 Å². The summed E-state index contributed by atoms with van der Waals surface area (Å²) in [4.78, 5) is 23.4. The van der Waals surface area contributed by atoms with Crippen molar-refractivity contribution in [3.05, 3.63) is 218 Å². The van der Waals surface area contributed by atoms with Crippen LogP contribution in [-0.2, 0) is 21.1 Å². The van der Waals surface area contributed by atoms with Crippen molar-refractivity contribution in [2.75, 3.05) is 0 Å². The molecule has 4 heterocycles. The van der Waals surface area contributed by atoms with Crippen molar-refractivity contribution < 1.29 is 21.1 Å². The molecule has 0 saturated heterocycles. The predicted octanol–water partition coefficient (Wildman–Crippen LogP) is 15.2. The van der Waals surface area contributed by atoms with Gasteiger partial charge in [0.25, 0.3) is 0 Å². The van der Waals surface area contributed by atoms with E-state index in [0.29, 0.717) is 0 Å². The van der Waals surface area contributed by atoms with Gasteiger partial charge in [-0.15, -0.1) is 22.1 Å². The topological polar surface area (TPSA) is 54.0 Å². The molecule has 0 N–H and O–H groups in total. The van der Waals surface area contributed by atoms with Crippen LogP contribution in [0.25, 0.3) is 133 Å². The predicted molar refractivity (Wildman–Crippen MR) is 265 cm³/mol. The molecule has 8 aromatic carbocycles. The number of hydrogen-bond acceptors (Lipinski definition) is 2. The van der Waals surface area contributed by atoms with E-state index in [-0.39, 0.29) is 21.1 Å². The summed E-state index contributed by atoms with van der Waals surface area (Å²) in [6.07, 6.45) is 0. The molecule has 306 valence electrons. The maximum absolute atomic E-state index is 5.85. The van der Waals surface area contributed by atoms with Crippen LogP contribution in [0.15, 0.2) is 218 Å². The van der Waals surface area contributed by atoms with E-state index >= 15 is 0 Å². The second-order valence-electron chi connectivity index (χ2n) is 16.4. The van der Waals surface area contributed by atoms with Crippen LogP contribution in [0.4, 0.5) is 0 Å². The maximum Gasteiger partial charge on any atom is 2.00 e. The van der Waals surface area contributed by atoms with Gasteiger partial charge in [0.1, 0.15) is 0 Å². The summed E-state index contributed by atoms with van der Waals surface area (Å²) in [5.74, 6) is 0. The van der Waals surface area contributed by atoms with E-state index in [1.54, 1.807) is 0 Å². The molecule has 10 aromatic rings. The average Bonchev–Trinajstić information content (AvgIpc) is 4.14. The van der Waals surface area contributed by atoms with Gasteiger partial charge in [0.15, 0.2) is 0 Å². The van der Waals surface area contributed by atoms with Gasteiger partial charge in [-0.25, -0.2) is 9.97 Å². The van der Waals surface area contributed by atoms with E-state index in [9.17, 15) is 0 Å². The van der Waals surface area contributed by atoms with Crippen molar-refractivity contribution in [1.82, 2.24) is 19.9 Å². The maximum atomic E-state index is 5.85. The zero-order valence-electron chi connectivity index (χ0n) is 34.9. The minimum Gasteiger partial charge on any atom is -0.656 e. The molecule has 0 spiro atoms. The van der Waals surface area contributed by atoms with Crippen molar-refractivity contribution in [2.24, 2.45) is 0 Å². The van der Waals surface area contributed by atoms with Crippen molar-refractivity contribution >= 4 is 43.6 Å². The fourth-order valence-electron chi connectivity index (χ4n) is 10.00. The van der Waals surface area contributed by atoms with Gasteiger partial charge in [-0.05, 0) is 66.1 Å². The minimum atomic E-state index is 0. The molecular weight excluding hydrogens is 972 g/mol. The molecule has 0 saturated carbocycles. The van der Waals surface area contributed by atoms with Gasteiger partial charge in [0, 0.05) is 22.3 Å². The number of nitrogens with zero attached hydrogens (tertiary/aromatic N) is 4. The van der Waals surface area contributed by atoms with E-state index in [1.165, 1.54) is 0 Å². The number of benzene rings is 8. The first-order chi connectivity index (χ1) is 31.8. The molecule has 0 amide bonds. The Balaban J connectivity index is 0.00000444. The largest absolute Gasteiger partial charge is 2.00 e. The molecule has 0 fully saturated rings. The number of hydrogen-bond donors (Lipinski definition) is 0. The number of aromatic nitrogens is 4. The Labute approximate surface area is 390 Å². The number of rotatable bonds is 4. The average molecular weight is 1010 g/mol. The minimum absolute atomic E-state index is 0. The van der Waals surface area contributed by atoms with Gasteiger partial charge in [-0.2, -0.15) is 0 Å². The van der Waals surface area contributed by atoms with E-state index < -0.39 is 0 Å². The first-order valence-corrected chi connectivity index (χ1v) is 21.7. The van der Waals surface area contributed by atoms with E-state index in [2.05, 4.69) is 218 Å². The summed E-state index contributed by atoms with van der Waals surface area (Å²) in [7, 11) is 0. The summed E-state index contributed by atoms with van der Waals surface area (Å²) in [5.41, 5.74) is 19.2. The second kappa shape index (κ2) is 15.7. The third-order valence-corrected chi connectivity index (χ3v) is 12.8. The smallest absolute Gasteiger partial charge is 0.656 e. The van der Waals surface area contributed by atoms with Gasteiger partial charge in [-0.3, -0.25) is 0 Å². The Bertz CT molecular complexity index is 3320. The zero-order chi connectivity index (χ0) is 42.1. The standard InChI is InChI=1S/C60H36N4.Pt/c1-5-21-37(22-6-1)49-53-41-29-13-15-31-43(41)55(61-53)50(38-23-7-2-8-24-38)57-45-33-17-19-35-47(45)59(63-57)52(40-27-11-4-12-28-40)60-48-36-20-18-34-46(48)58(64-60)51(39-25-9-3-10-26-39)56-44-32-16-14-30-42(44)54(49)62-56;/h1-36H;/q-2;+2. The third kappa shape index (κ3) is 6.09. The molecule has 2 aromatic heterocycles. The van der Waals surface area contributed by atoms with Crippen LogP contribution in [0.1, 0.15) is 0 Å². The monoisotopic (exact) mass is 1010 g/mol. The Hall–Kier alpha value is -7.91. The second-order valence-corrected chi connectivity index (χ2v) is 16.4. The SMILES string of the molecule is [Pt+2].c1ccc(-c2c3nc(c(-c4ccccc4)c4[n-]c(c(-c5ccccc5)c5nc(c(-c6ccccc6)c6[n-]c2c2ccccc62)-c2ccccc2-5)c2ccccc42)-c2ccccc2-3)cc1. The molecule has 65 heavy (non-hydrogen) atoms.